The van der Waals surface area contributed by atoms with Crippen molar-refractivity contribution in [2.45, 2.75) is 26.9 Å². The van der Waals surface area contributed by atoms with Gasteiger partial charge in [0.2, 0.25) is 0 Å². The van der Waals surface area contributed by atoms with Crippen molar-refractivity contribution in [2.75, 3.05) is 0 Å². The van der Waals surface area contributed by atoms with Crippen LogP contribution in [-0.2, 0) is 20.1 Å². The van der Waals surface area contributed by atoms with Crippen molar-refractivity contribution in [3.8, 4) is 0 Å². The van der Waals surface area contributed by atoms with Crippen LogP contribution < -0.4 is 5.32 Å². The van der Waals surface area contributed by atoms with Crippen LogP contribution in [-0.4, -0.2) is 14.8 Å². The maximum absolute atomic E-state index is 4.18. The first-order valence-electron chi connectivity index (χ1n) is 5.50. The first-order chi connectivity index (χ1) is 7.68. The Labute approximate surface area is 95.7 Å². The van der Waals surface area contributed by atoms with Crippen LogP contribution in [0.4, 0.5) is 0 Å². The minimum absolute atomic E-state index is 0.860. The van der Waals surface area contributed by atoms with Gasteiger partial charge in [-0.25, -0.2) is 0 Å². The molecule has 0 spiro atoms. The summed E-state index contributed by atoms with van der Waals surface area (Å²) >= 11 is 0. The predicted octanol–water partition coefficient (Wildman–Crippen LogP) is 1.65. The highest BCUT2D eigenvalue weighted by Crippen LogP contribution is 2.09. The van der Waals surface area contributed by atoms with E-state index in [4.69, 9.17) is 0 Å². The molecule has 16 heavy (non-hydrogen) atoms. The zero-order valence-electron chi connectivity index (χ0n) is 10.0. The Hall–Kier alpha value is -1.55. The highest BCUT2D eigenvalue weighted by molar-refractivity contribution is 5.22. The normalized spacial score (nSPS) is 10.9. The molecule has 0 saturated heterocycles. The van der Waals surface area contributed by atoms with E-state index in [0.717, 1.165) is 24.5 Å². The van der Waals surface area contributed by atoms with E-state index in [9.17, 15) is 0 Å². The van der Waals surface area contributed by atoms with Gasteiger partial charge in [0.05, 0.1) is 5.69 Å². The molecule has 0 aliphatic rings. The van der Waals surface area contributed by atoms with Crippen LogP contribution in [0.5, 0.6) is 0 Å². The molecule has 0 fully saturated rings. The molecular weight excluding hydrogens is 200 g/mol. The Morgan fingerprint density at radius 1 is 1.38 bits per heavy atom. The third-order valence-corrected chi connectivity index (χ3v) is 2.94. The average Bonchev–Trinajstić information content (AvgIpc) is 2.79. The summed E-state index contributed by atoms with van der Waals surface area (Å²) in [7, 11) is 2.06. The van der Waals surface area contributed by atoms with Gasteiger partial charge in [0, 0.05) is 43.3 Å². The summed E-state index contributed by atoms with van der Waals surface area (Å²) in [5.74, 6) is 0. The molecule has 2 aromatic rings. The van der Waals surface area contributed by atoms with E-state index in [0.29, 0.717) is 0 Å². The Morgan fingerprint density at radius 3 is 2.75 bits per heavy atom. The molecule has 0 unspecified atom stereocenters. The van der Waals surface area contributed by atoms with Gasteiger partial charge < -0.3 is 9.88 Å². The monoisotopic (exact) mass is 218 g/mol. The van der Waals surface area contributed by atoms with Crippen LogP contribution in [0.2, 0.25) is 0 Å². The van der Waals surface area contributed by atoms with E-state index >= 15 is 0 Å². The predicted molar refractivity (Wildman–Crippen MR) is 64.0 cm³/mol. The summed E-state index contributed by atoms with van der Waals surface area (Å²) < 4.78 is 2.13. The van der Waals surface area contributed by atoms with Crippen molar-refractivity contribution in [1.29, 1.82) is 0 Å². The molecule has 4 heteroatoms. The lowest BCUT2D eigenvalue weighted by Gasteiger charge is -2.06. The van der Waals surface area contributed by atoms with Gasteiger partial charge in [0.1, 0.15) is 0 Å². The van der Waals surface area contributed by atoms with Crippen molar-refractivity contribution >= 4 is 0 Å². The van der Waals surface area contributed by atoms with Crippen molar-refractivity contribution < 1.29 is 0 Å². The number of hydrogen-bond acceptors (Lipinski definition) is 2. The Kier molecular flexibility index (Phi) is 3.10. The highest BCUT2D eigenvalue weighted by Gasteiger charge is 2.05. The lowest BCUT2D eigenvalue weighted by atomic mass is 10.2. The summed E-state index contributed by atoms with van der Waals surface area (Å²) in [6.07, 6.45) is 2.06. The van der Waals surface area contributed by atoms with Crippen LogP contribution in [0.3, 0.4) is 0 Å². The largest absolute Gasteiger partial charge is 0.353 e. The second-order valence-corrected chi connectivity index (χ2v) is 4.13. The fourth-order valence-corrected chi connectivity index (χ4v) is 1.83. The summed E-state index contributed by atoms with van der Waals surface area (Å²) in [6, 6.07) is 4.19. The molecule has 4 nitrogen and oxygen atoms in total. The van der Waals surface area contributed by atoms with Gasteiger partial charge in [-0.05, 0) is 26.0 Å². The van der Waals surface area contributed by atoms with E-state index < -0.39 is 0 Å². The van der Waals surface area contributed by atoms with Crippen LogP contribution >= 0.6 is 0 Å². The first kappa shape index (κ1) is 11.0. The molecule has 0 aliphatic heterocycles. The molecule has 2 rings (SSSR count). The van der Waals surface area contributed by atoms with E-state index in [1.165, 1.54) is 11.3 Å². The lowest BCUT2D eigenvalue weighted by Crippen LogP contribution is -2.15. The standard InChI is InChI=1S/C12H18N4/c1-9-12(10(2)15-14-9)8-13-7-11-5-4-6-16(11)3/h4-6,13H,7-8H2,1-3H3,(H,14,15). The van der Waals surface area contributed by atoms with Crippen LogP contribution in [0.15, 0.2) is 18.3 Å². The molecule has 0 bridgehead atoms. The van der Waals surface area contributed by atoms with Gasteiger partial charge in [-0.2, -0.15) is 5.10 Å². The van der Waals surface area contributed by atoms with Crippen molar-refractivity contribution in [3.63, 3.8) is 0 Å². The summed E-state index contributed by atoms with van der Waals surface area (Å²) in [5, 5.41) is 10.6. The summed E-state index contributed by atoms with van der Waals surface area (Å²) in [5.41, 5.74) is 4.79. The highest BCUT2D eigenvalue weighted by atomic mass is 15.1. The number of rotatable bonds is 4. The van der Waals surface area contributed by atoms with Gasteiger partial charge >= 0.3 is 0 Å². The number of nitrogens with zero attached hydrogens (tertiary/aromatic N) is 2. The minimum Gasteiger partial charge on any atom is -0.353 e. The second-order valence-electron chi connectivity index (χ2n) is 4.13. The zero-order valence-corrected chi connectivity index (χ0v) is 10.0. The molecule has 0 aliphatic carbocycles. The molecule has 2 aromatic heterocycles. The van der Waals surface area contributed by atoms with Gasteiger partial charge in [0.15, 0.2) is 0 Å². The first-order valence-corrected chi connectivity index (χ1v) is 5.50. The maximum atomic E-state index is 4.18. The van der Waals surface area contributed by atoms with E-state index in [2.05, 4.69) is 52.4 Å². The van der Waals surface area contributed by atoms with E-state index in [1.54, 1.807) is 0 Å². The average molecular weight is 218 g/mol. The minimum atomic E-state index is 0.860. The number of H-pyrrole nitrogens is 1. The van der Waals surface area contributed by atoms with Gasteiger partial charge in [0.25, 0.3) is 0 Å². The number of aromatic nitrogens is 3. The Morgan fingerprint density at radius 2 is 2.19 bits per heavy atom. The molecule has 0 saturated carbocycles. The maximum Gasteiger partial charge on any atom is 0.0638 e. The Bertz CT molecular complexity index is 448. The third-order valence-electron chi connectivity index (χ3n) is 2.94. The quantitative estimate of drug-likeness (QED) is 0.819. The third kappa shape index (κ3) is 2.17. The number of aryl methyl sites for hydroxylation is 3. The van der Waals surface area contributed by atoms with Crippen LogP contribution in [0.25, 0.3) is 0 Å². The summed E-state index contributed by atoms with van der Waals surface area (Å²) in [4.78, 5) is 0. The smallest absolute Gasteiger partial charge is 0.0638 e. The summed E-state index contributed by atoms with van der Waals surface area (Å²) in [6.45, 7) is 5.83. The molecule has 0 atom stereocenters. The van der Waals surface area contributed by atoms with E-state index in [1.807, 2.05) is 6.92 Å². The molecule has 2 heterocycles. The number of aromatic amines is 1. The molecular formula is C12H18N4. The fourth-order valence-electron chi connectivity index (χ4n) is 1.83. The topological polar surface area (TPSA) is 45.6 Å². The lowest BCUT2D eigenvalue weighted by molar-refractivity contribution is 0.652. The van der Waals surface area contributed by atoms with Gasteiger partial charge in [-0.3, -0.25) is 5.10 Å². The molecule has 0 radical (unpaired) electrons. The Balaban J connectivity index is 1.92. The van der Waals surface area contributed by atoms with Crippen LogP contribution in [0.1, 0.15) is 22.6 Å². The number of hydrogen-bond donors (Lipinski definition) is 2. The second kappa shape index (κ2) is 4.53. The van der Waals surface area contributed by atoms with Gasteiger partial charge in [-0.1, -0.05) is 0 Å². The van der Waals surface area contributed by atoms with Crippen molar-refractivity contribution in [3.05, 3.63) is 41.0 Å². The number of nitrogens with one attached hydrogen (secondary N) is 2. The molecule has 0 aromatic carbocycles. The fraction of sp³-hybridized carbons (Fsp3) is 0.417. The molecule has 86 valence electrons. The SMILES string of the molecule is Cc1n[nH]c(C)c1CNCc1cccn1C. The van der Waals surface area contributed by atoms with Crippen molar-refractivity contribution in [1.82, 2.24) is 20.1 Å². The van der Waals surface area contributed by atoms with Gasteiger partial charge in [-0.15, -0.1) is 0 Å². The molecule has 0 amide bonds. The van der Waals surface area contributed by atoms with E-state index in [-0.39, 0.29) is 0 Å². The van der Waals surface area contributed by atoms with Crippen molar-refractivity contribution in [2.24, 2.45) is 7.05 Å². The molecule has 2 N–H and O–H groups in total. The zero-order chi connectivity index (χ0) is 11.5. The van der Waals surface area contributed by atoms with Crippen LogP contribution in [0, 0.1) is 13.8 Å².